The van der Waals surface area contributed by atoms with E-state index >= 15 is 0 Å². The summed E-state index contributed by atoms with van der Waals surface area (Å²) in [6, 6.07) is 12.8. The number of carbonyl (C=O) groups is 2. The van der Waals surface area contributed by atoms with Crippen LogP contribution in [-0.2, 0) is 9.59 Å². The molecule has 0 aliphatic carbocycles. The van der Waals surface area contributed by atoms with E-state index in [-0.39, 0.29) is 23.4 Å². The molecule has 114 valence electrons. The molecule has 0 saturated carbocycles. The first-order chi connectivity index (χ1) is 10.5. The first-order valence-corrected chi connectivity index (χ1v) is 7.57. The van der Waals surface area contributed by atoms with Crippen LogP contribution in [0.3, 0.4) is 0 Å². The highest BCUT2D eigenvalue weighted by atomic mass is 32.2. The van der Waals surface area contributed by atoms with E-state index in [1.165, 1.54) is 43.0 Å². The molecule has 0 heterocycles. The van der Waals surface area contributed by atoms with E-state index in [1.54, 1.807) is 12.1 Å². The van der Waals surface area contributed by atoms with Gasteiger partial charge in [0.25, 0.3) is 0 Å². The number of carbonyl (C=O) groups excluding carboxylic acids is 2. The van der Waals surface area contributed by atoms with Crippen molar-refractivity contribution in [2.75, 3.05) is 16.4 Å². The largest absolute Gasteiger partial charge is 0.326 e. The summed E-state index contributed by atoms with van der Waals surface area (Å²) in [4.78, 5) is 23.6. The van der Waals surface area contributed by atoms with Gasteiger partial charge in [-0.25, -0.2) is 4.39 Å². The lowest BCUT2D eigenvalue weighted by molar-refractivity contribution is -0.114. The van der Waals surface area contributed by atoms with Gasteiger partial charge >= 0.3 is 0 Å². The molecule has 0 saturated heterocycles. The molecular weight excluding hydrogens is 303 g/mol. The second kappa shape index (κ2) is 7.61. The lowest BCUT2D eigenvalue weighted by atomic mass is 10.3. The van der Waals surface area contributed by atoms with E-state index < -0.39 is 0 Å². The van der Waals surface area contributed by atoms with Crippen molar-refractivity contribution < 1.29 is 14.0 Å². The van der Waals surface area contributed by atoms with Gasteiger partial charge in [-0.3, -0.25) is 9.59 Å². The molecule has 0 bridgehead atoms. The third-order valence-electron chi connectivity index (χ3n) is 2.67. The second-order valence-electron chi connectivity index (χ2n) is 4.55. The van der Waals surface area contributed by atoms with Crippen molar-refractivity contribution >= 4 is 35.0 Å². The molecule has 0 atom stereocenters. The van der Waals surface area contributed by atoms with Crippen LogP contribution in [0.1, 0.15) is 6.92 Å². The van der Waals surface area contributed by atoms with Crippen LogP contribution in [0.15, 0.2) is 53.4 Å². The minimum Gasteiger partial charge on any atom is -0.326 e. The maximum Gasteiger partial charge on any atom is 0.234 e. The van der Waals surface area contributed by atoms with Gasteiger partial charge in [0.1, 0.15) is 5.82 Å². The third-order valence-corrected chi connectivity index (χ3v) is 3.68. The minimum atomic E-state index is -0.341. The van der Waals surface area contributed by atoms with Gasteiger partial charge in [0, 0.05) is 23.2 Å². The zero-order valence-electron chi connectivity index (χ0n) is 11.9. The average Bonchev–Trinajstić information content (AvgIpc) is 2.48. The Morgan fingerprint density at radius 3 is 2.09 bits per heavy atom. The lowest BCUT2D eigenvalue weighted by Crippen LogP contribution is -2.13. The van der Waals surface area contributed by atoms with Gasteiger partial charge in [0.15, 0.2) is 0 Å². The number of amides is 2. The predicted molar refractivity (Wildman–Crippen MR) is 86.5 cm³/mol. The molecule has 2 N–H and O–H groups in total. The number of thioether (sulfide) groups is 1. The SMILES string of the molecule is CC(=O)Nc1ccc(SCC(=O)Nc2ccc(F)cc2)cc1. The first kappa shape index (κ1) is 16.0. The van der Waals surface area contributed by atoms with Crippen LogP contribution in [0.25, 0.3) is 0 Å². The van der Waals surface area contributed by atoms with Gasteiger partial charge in [-0.1, -0.05) is 0 Å². The van der Waals surface area contributed by atoms with E-state index in [0.29, 0.717) is 11.4 Å². The molecule has 0 spiro atoms. The van der Waals surface area contributed by atoms with Crippen molar-refractivity contribution in [3.05, 3.63) is 54.3 Å². The van der Waals surface area contributed by atoms with Gasteiger partial charge in [0.05, 0.1) is 5.75 Å². The maximum absolute atomic E-state index is 12.8. The highest BCUT2D eigenvalue weighted by Crippen LogP contribution is 2.20. The summed E-state index contributed by atoms with van der Waals surface area (Å²) in [5, 5.41) is 5.37. The molecule has 4 nitrogen and oxygen atoms in total. The van der Waals surface area contributed by atoms with E-state index in [9.17, 15) is 14.0 Å². The fraction of sp³-hybridized carbons (Fsp3) is 0.125. The Balaban J connectivity index is 1.83. The van der Waals surface area contributed by atoms with E-state index in [0.717, 1.165) is 4.90 Å². The normalized spacial score (nSPS) is 10.1. The molecule has 2 rings (SSSR count). The van der Waals surface area contributed by atoms with Crippen LogP contribution in [0.4, 0.5) is 15.8 Å². The molecule has 2 aromatic carbocycles. The maximum atomic E-state index is 12.8. The third kappa shape index (κ3) is 5.21. The van der Waals surface area contributed by atoms with Gasteiger partial charge in [0.2, 0.25) is 11.8 Å². The van der Waals surface area contributed by atoms with Gasteiger partial charge < -0.3 is 10.6 Å². The summed E-state index contributed by atoms with van der Waals surface area (Å²) in [6.07, 6.45) is 0. The average molecular weight is 318 g/mol. The Morgan fingerprint density at radius 1 is 0.955 bits per heavy atom. The zero-order valence-corrected chi connectivity index (χ0v) is 12.7. The predicted octanol–water partition coefficient (Wildman–Crippen LogP) is 3.51. The van der Waals surface area contributed by atoms with Crippen molar-refractivity contribution in [2.24, 2.45) is 0 Å². The number of benzene rings is 2. The molecule has 0 aliphatic heterocycles. The van der Waals surface area contributed by atoms with Crippen molar-refractivity contribution in [1.29, 1.82) is 0 Å². The van der Waals surface area contributed by atoms with Crippen molar-refractivity contribution in [3.8, 4) is 0 Å². The number of halogens is 1. The zero-order chi connectivity index (χ0) is 15.9. The Kier molecular flexibility index (Phi) is 5.55. The van der Waals surface area contributed by atoms with Crippen LogP contribution in [-0.4, -0.2) is 17.6 Å². The van der Waals surface area contributed by atoms with Crippen LogP contribution in [0.2, 0.25) is 0 Å². The van der Waals surface area contributed by atoms with Crippen LogP contribution in [0, 0.1) is 5.82 Å². The van der Waals surface area contributed by atoms with Crippen LogP contribution in [0.5, 0.6) is 0 Å². The van der Waals surface area contributed by atoms with Crippen molar-refractivity contribution in [3.63, 3.8) is 0 Å². The quantitative estimate of drug-likeness (QED) is 0.829. The van der Waals surface area contributed by atoms with Gasteiger partial charge in [-0.2, -0.15) is 0 Å². The number of anilines is 2. The molecule has 0 aliphatic rings. The number of rotatable bonds is 5. The molecule has 6 heteroatoms. The molecule has 0 radical (unpaired) electrons. The van der Waals surface area contributed by atoms with Gasteiger partial charge in [-0.05, 0) is 48.5 Å². The van der Waals surface area contributed by atoms with Gasteiger partial charge in [-0.15, -0.1) is 11.8 Å². The summed E-state index contributed by atoms with van der Waals surface area (Å²) < 4.78 is 12.8. The molecule has 2 aromatic rings. The number of hydrogen-bond donors (Lipinski definition) is 2. The molecule has 2 amide bonds. The fourth-order valence-electron chi connectivity index (χ4n) is 1.72. The smallest absolute Gasteiger partial charge is 0.234 e. The molecule has 0 aromatic heterocycles. The molecule has 0 fully saturated rings. The Bertz CT molecular complexity index is 657. The standard InChI is InChI=1S/C16H15FN2O2S/c1-11(20)18-13-6-8-15(9-7-13)22-10-16(21)19-14-4-2-12(17)3-5-14/h2-9H,10H2,1H3,(H,18,20)(H,19,21). The minimum absolute atomic E-state index is 0.126. The van der Waals surface area contributed by atoms with Crippen LogP contribution < -0.4 is 10.6 Å². The Labute approximate surface area is 132 Å². The topological polar surface area (TPSA) is 58.2 Å². The summed E-state index contributed by atoms with van der Waals surface area (Å²) >= 11 is 1.38. The Morgan fingerprint density at radius 2 is 1.50 bits per heavy atom. The first-order valence-electron chi connectivity index (χ1n) is 6.59. The monoisotopic (exact) mass is 318 g/mol. The lowest BCUT2D eigenvalue weighted by Gasteiger charge is -2.06. The highest BCUT2D eigenvalue weighted by Gasteiger charge is 2.04. The highest BCUT2D eigenvalue weighted by molar-refractivity contribution is 8.00. The van der Waals surface area contributed by atoms with E-state index in [1.807, 2.05) is 12.1 Å². The number of nitrogens with one attached hydrogen (secondary N) is 2. The van der Waals surface area contributed by atoms with Crippen molar-refractivity contribution in [1.82, 2.24) is 0 Å². The van der Waals surface area contributed by atoms with E-state index in [2.05, 4.69) is 10.6 Å². The number of hydrogen-bond acceptors (Lipinski definition) is 3. The van der Waals surface area contributed by atoms with Crippen LogP contribution >= 0.6 is 11.8 Å². The summed E-state index contributed by atoms with van der Waals surface area (Å²) in [5.41, 5.74) is 1.28. The Hall–Kier alpha value is -2.34. The van der Waals surface area contributed by atoms with E-state index in [4.69, 9.17) is 0 Å². The second-order valence-corrected chi connectivity index (χ2v) is 5.60. The molecular formula is C16H15FN2O2S. The fourth-order valence-corrected chi connectivity index (χ4v) is 2.42. The summed E-state index contributed by atoms with van der Waals surface area (Å²) in [5.74, 6) is -0.384. The summed E-state index contributed by atoms with van der Waals surface area (Å²) in [6.45, 7) is 1.45. The van der Waals surface area contributed by atoms with Crippen molar-refractivity contribution in [2.45, 2.75) is 11.8 Å². The molecule has 0 unspecified atom stereocenters. The summed E-state index contributed by atoms with van der Waals surface area (Å²) in [7, 11) is 0. The molecule has 22 heavy (non-hydrogen) atoms.